The van der Waals surface area contributed by atoms with Gasteiger partial charge in [-0.25, -0.2) is 8.42 Å². The molecule has 0 radical (unpaired) electrons. The van der Waals surface area contributed by atoms with Crippen molar-refractivity contribution in [3.8, 4) is 17.0 Å². The van der Waals surface area contributed by atoms with Crippen LogP contribution < -0.4 is 10.1 Å². The Balaban J connectivity index is 1.63. The molecule has 2 aromatic heterocycles. The molecule has 1 fully saturated rings. The van der Waals surface area contributed by atoms with E-state index in [9.17, 15) is 13.2 Å². The summed E-state index contributed by atoms with van der Waals surface area (Å²) in [5.74, 6) is 0.545. The normalized spacial score (nSPS) is 17.6. The SMILES string of the molecule is COc1ccc(-c2cc(C(=O)NCc3ccncc3)nn2[C@@H]2CCS(=O)(=O)C2)cc1. The van der Waals surface area contributed by atoms with E-state index in [0.29, 0.717) is 24.4 Å². The minimum absolute atomic E-state index is 0.0237. The first-order chi connectivity index (χ1) is 14.4. The molecule has 3 heterocycles. The second kappa shape index (κ2) is 8.27. The Kier molecular flexibility index (Phi) is 5.54. The highest BCUT2D eigenvalue weighted by atomic mass is 32.2. The van der Waals surface area contributed by atoms with Gasteiger partial charge in [0.05, 0.1) is 30.4 Å². The third kappa shape index (κ3) is 4.35. The zero-order valence-electron chi connectivity index (χ0n) is 16.5. The van der Waals surface area contributed by atoms with E-state index < -0.39 is 9.84 Å². The molecule has 0 bridgehead atoms. The van der Waals surface area contributed by atoms with Crippen LogP contribution >= 0.6 is 0 Å². The fraction of sp³-hybridized carbons (Fsp3) is 0.286. The first-order valence-electron chi connectivity index (χ1n) is 9.57. The molecule has 1 atom stereocenters. The fourth-order valence-corrected chi connectivity index (χ4v) is 5.19. The average molecular weight is 426 g/mol. The molecule has 1 aliphatic heterocycles. The molecule has 0 unspecified atom stereocenters. The average Bonchev–Trinajstić information content (AvgIpc) is 3.36. The van der Waals surface area contributed by atoms with E-state index >= 15 is 0 Å². The van der Waals surface area contributed by atoms with Crippen LogP contribution in [0, 0.1) is 0 Å². The van der Waals surface area contributed by atoms with E-state index in [1.54, 1.807) is 30.3 Å². The number of ether oxygens (including phenoxy) is 1. The molecule has 9 heteroatoms. The summed E-state index contributed by atoms with van der Waals surface area (Å²) >= 11 is 0. The Morgan fingerprint density at radius 1 is 1.20 bits per heavy atom. The quantitative estimate of drug-likeness (QED) is 0.648. The van der Waals surface area contributed by atoms with Crippen molar-refractivity contribution < 1.29 is 17.9 Å². The highest BCUT2D eigenvalue weighted by Gasteiger charge is 2.32. The lowest BCUT2D eigenvalue weighted by atomic mass is 10.1. The predicted molar refractivity (Wildman–Crippen MR) is 112 cm³/mol. The van der Waals surface area contributed by atoms with E-state index in [1.165, 1.54) is 0 Å². The number of benzene rings is 1. The topological polar surface area (TPSA) is 103 Å². The number of amides is 1. The van der Waals surface area contributed by atoms with Gasteiger partial charge in [0.25, 0.3) is 5.91 Å². The number of hydrogen-bond donors (Lipinski definition) is 1. The van der Waals surface area contributed by atoms with Crippen LogP contribution in [-0.2, 0) is 16.4 Å². The van der Waals surface area contributed by atoms with E-state index in [4.69, 9.17) is 4.74 Å². The summed E-state index contributed by atoms with van der Waals surface area (Å²) in [6, 6.07) is 12.4. The molecule has 1 saturated heterocycles. The number of pyridine rings is 1. The van der Waals surface area contributed by atoms with Crippen LogP contribution in [0.3, 0.4) is 0 Å². The molecule has 156 valence electrons. The van der Waals surface area contributed by atoms with Crippen LogP contribution in [0.2, 0.25) is 0 Å². The molecular formula is C21H22N4O4S. The molecule has 1 aromatic carbocycles. The molecule has 1 N–H and O–H groups in total. The van der Waals surface area contributed by atoms with Crippen molar-refractivity contribution in [3.63, 3.8) is 0 Å². The standard InChI is InChI=1S/C21H22N4O4S/c1-29-18-4-2-16(3-5-18)20-12-19(21(26)23-13-15-6-9-22-10-7-15)24-25(20)17-8-11-30(27,28)14-17/h2-7,9-10,12,17H,8,11,13-14H2,1H3,(H,23,26)/t17-/m1/s1. The van der Waals surface area contributed by atoms with Crippen LogP contribution in [0.5, 0.6) is 5.75 Å². The van der Waals surface area contributed by atoms with Gasteiger partial charge in [-0.15, -0.1) is 0 Å². The van der Waals surface area contributed by atoms with Crippen molar-refractivity contribution >= 4 is 15.7 Å². The highest BCUT2D eigenvalue weighted by molar-refractivity contribution is 7.91. The van der Waals surface area contributed by atoms with Crippen molar-refractivity contribution in [2.75, 3.05) is 18.6 Å². The van der Waals surface area contributed by atoms with Crippen LogP contribution in [0.25, 0.3) is 11.3 Å². The highest BCUT2D eigenvalue weighted by Crippen LogP contribution is 2.31. The van der Waals surface area contributed by atoms with Crippen molar-refractivity contribution in [2.24, 2.45) is 0 Å². The van der Waals surface area contributed by atoms with Crippen molar-refractivity contribution in [2.45, 2.75) is 19.0 Å². The van der Waals surface area contributed by atoms with Gasteiger partial charge in [-0.1, -0.05) is 0 Å². The molecule has 0 spiro atoms. The third-order valence-electron chi connectivity index (χ3n) is 5.11. The van der Waals surface area contributed by atoms with E-state index in [-0.39, 0.29) is 29.1 Å². The summed E-state index contributed by atoms with van der Waals surface area (Å²) in [5.41, 5.74) is 2.71. The maximum Gasteiger partial charge on any atom is 0.272 e. The van der Waals surface area contributed by atoms with Gasteiger partial charge in [-0.3, -0.25) is 14.5 Å². The molecule has 4 rings (SSSR count). The number of nitrogens with zero attached hydrogens (tertiary/aromatic N) is 3. The lowest BCUT2D eigenvalue weighted by Gasteiger charge is -2.13. The number of methoxy groups -OCH3 is 1. The van der Waals surface area contributed by atoms with Crippen LogP contribution in [0.4, 0.5) is 0 Å². The number of sulfone groups is 1. The summed E-state index contributed by atoms with van der Waals surface area (Å²) < 4.78 is 30.9. The van der Waals surface area contributed by atoms with Crippen LogP contribution in [-0.4, -0.2) is 47.7 Å². The van der Waals surface area contributed by atoms with Gasteiger partial charge < -0.3 is 10.1 Å². The minimum Gasteiger partial charge on any atom is -0.497 e. The zero-order chi connectivity index (χ0) is 21.1. The Morgan fingerprint density at radius 2 is 1.93 bits per heavy atom. The Bertz CT molecular complexity index is 1140. The number of rotatable bonds is 6. The predicted octanol–water partition coefficient (Wildman–Crippen LogP) is 2.24. The fourth-order valence-electron chi connectivity index (χ4n) is 3.50. The summed E-state index contributed by atoms with van der Waals surface area (Å²) in [6.07, 6.45) is 3.81. The number of hydrogen-bond acceptors (Lipinski definition) is 6. The Labute approximate surface area is 174 Å². The van der Waals surface area contributed by atoms with Crippen molar-refractivity contribution in [1.29, 1.82) is 0 Å². The third-order valence-corrected chi connectivity index (χ3v) is 6.86. The maximum atomic E-state index is 12.7. The zero-order valence-corrected chi connectivity index (χ0v) is 17.3. The van der Waals surface area contributed by atoms with E-state index in [2.05, 4.69) is 15.4 Å². The van der Waals surface area contributed by atoms with Gasteiger partial charge >= 0.3 is 0 Å². The van der Waals surface area contributed by atoms with Crippen LogP contribution in [0.1, 0.15) is 28.5 Å². The van der Waals surface area contributed by atoms with Gasteiger partial charge in [0.2, 0.25) is 0 Å². The van der Waals surface area contributed by atoms with Gasteiger partial charge in [0, 0.05) is 24.5 Å². The van der Waals surface area contributed by atoms with E-state index in [0.717, 1.165) is 11.1 Å². The lowest BCUT2D eigenvalue weighted by molar-refractivity contribution is 0.0945. The van der Waals surface area contributed by atoms with Crippen molar-refractivity contribution in [3.05, 3.63) is 66.1 Å². The molecule has 1 aliphatic rings. The number of carbonyl (C=O) groups is 1. The minimum atomic E-state index is -3.10. The lowest BCUT2D eigenvalue weighted by Crippen LogP contribution is -2.24. The summed E-state index contributed by atoms with van der Waals surface area (Å²) in [4.78, 5) is 16.7. The molecule has 8 nitrogen and oxygen atoms in total. The molecule has 3 aromatic rings. The van der Waals surface area contributed by atoms with Gasteiger partial charge in [-0.2, -0.15) is 5.10 Å². The maximum absolute atomic E-state index is 12.7. The smallest absolute Gasteiger partial charge is 0.272 e. The van der Waals surface area contributed by atoms with Crippen LogP contribution in [0.15, 0.2) is 54.9 Å². The molecule has 1 amide bonds. The molecular weight excluding hydrogens is 404 g/mol. The Morgan fingerprint density at radius 3 is 2.57 bits per heavy atom. The second-order valence-electron chi connectivity index (χ2n) is 7.18. The van der Waals surface area contributed by atoms with Gasteiger partial charge in [0.1, 0.15) is 5.75 Å². The molecule has 30 heavy (non-hydrogen) atoms. The summed E-state index contributed by atoms with van der Waals surface area (Å²) in [6.45, 7) is 0.351. The van der Waals surface area contributed by atoms with Gasteiger partial charge in [-0.05, 0) is 54.4 Å². The number of aromatic nitrogens is 3. The largest absolute Gasteiger partial charge is 0.497 e. The first-order valence-corrected chi connectivity index (χ1v) is 11.4. The van der Waals surface area contributed by atoms with Crippen molar-refractivity contribution in [1.82, 2.24) is 20.1 Å². The monoisotopic (exact) mass is 426 g/mol. The van der Waals surface area contributed by atoms with Gasteiger partial charge in [0.15, 0.2) is 15.5 Å². The first kappa shape index (κ1) is 20.1. The van der Waals surface area contributed by atoms with E-state index in [1.807, 2.05) is 36.4 Å². The molecule has 0 aliphatic carbocycles. The number of nitrogens with one attached hydrogen (secondary N) is 1. The number of carbonyl (C=O) groups excluding carboxylic acids is 1. The molecule has 0 saturated carbocycles. The summed E-state index contributed by atoms with van der Waals surface area (Å²) in [5, 5.41) is 7.34. The Hall–Kier alpha value is -3.20. The second-order valence-corrected chi connectivity index (χ2v) is 9.41. The summed E-state index contributed by atoms with van der Waals surface area (Å²) in [7, 11) is -1.51.